The van der Waals surface area contributed by atoms with Crippen LogP contribution in [0.4, 0.5) is 0 Å². The Hall–Kier alpha value is -1.65. The third-order valence-electron chi connectivity index (χ3n) is 4.62. The van der Waals surface area contributed by atoms with Gasteiger partial charge >= 0.3 is 0 Å². The highest BCUT2D eigenvalue weighted by Crippen LogP contribution is 2.37. The van der Waals surface area contributed by atoms with E-state index in [9.17, 15) is 4.79 Å². The molecule has 0 radical (unpaired) electrons. The number of thiophene rings is 1. The number of hydrogen-bond acceptors (Lipinski definition) is 3. The summed E-state index contributed by atoms with van der Waals surface area (Å²) in [4.78, 5) is 16.3. The molecule has 2 heterocycles. The molecule has 4 heteroatoms. The fourth-order valence-electron chi connectivity index (χ4n) is 3.09. The molecule has 1 amide bonds. The third-order valence-corrected chi connectivity index (χ3v) is 5.61. The zero-order valence-corrected chi connectivity index (χ0v) is 14.6. The van der Waals surface area contributed by atoms with E-state index in [1.54, 1.807) is 11.3 Å². The van der Waals surface area contributed by atoms with Crippen molar-refractivity contribution in [2.24, 2.45) is 0 Å². The average molecular weight is 328 g/mol. The first-order valence-electron chi connectivity index (χ1n) is 8.34. The van der Waals surface area contributed by atoms with E-state index in [4.69, 9.17) is 0 Å². The molecule has 0 saturated carbocycles. The largest absolute Gasteiger partial charge is 0.330 e. The molecular formula is C19H24N2OS. The third kappa shape index (κ3) is 3.48. The van der Waals surface area contributed by atoms with Crippen LogP contribution in [0.15, 0.2) is 41.8 Å². The molecule has 1 aliphatic rings. The van der Waals surface area contributed by atoms with Crippen LogP contribution in [-0.4, -0.2) is 29.9 Å². The zero-order valence-electron chi connectivity index (χ0n) is 13.8. The fourth-order valence-corrected chi connectivity index (χ4v) is 3.99. The molecule has 1 N–H and O–H groups in total. The fraction of sp³-hybridized carbons (Fsp3) is 0.421. The van der Waals surface area contributed by atoms with Gasteiger partial charge in [0.1, 0.15) is 0 Å². The molecule has 3 nitrogen and oxygen atoms in total. The van der Waals surface area contributed by atoms with E-state index in [2.05, 4.69) is 54.9 Å². The lowest BCUT2D eigenvalue weighted by Crippen LogP contribution is -2.45. The standard InChI is InChI=1S/C19H24N2OS/c1-3-14(2)20-13-18(22)21-11-9-17-16(10-12-23-17)19(21)15-7-5-4-6-8-15/h4-8,10,12,14,19-20H,3,9,11,13H2,1-2H3. The number of benzene rings is 1. The summed E-state index contributed by atoms with van der Waals surface area (Å²) in [6.07, 6.45) is 2.00. The molecule has 0 aliphatic carbocycles. The van der Waals surface area contributed by atoms with Gasteiger partial charge in [0.15, 0.2) is 0 Å². The van der Waals surface area contributed by atoms with Gasteiger partial charge in [-0.05, 0) is 42.3 Å². The number of nitrogens with one attached hydrogen (secondary N) is 1. The summed E-state index contributed by atoms with van der Waals surface area (Å²) < 4.78 is 0. The Labute approximate surface area is 142 Å². The van der Waals surface area contributed by atoms with Gasteiger partial charge < -0.3 is 10.2 Å². The molecule has 122 valence electrons. The van der Waals surface area contributed by atoms with Crippen molar-refractivity contribution in [2.75, 3.05) is 13.1 Å². The van der Waals surface area contributed by atoms with Crippen molar-refractivity contribution in [3.63, 3.8) is 0 Å². The molecule has 1 aromatic heterocycles. The van der Waals surface area contributed by atoms with Gasteiger partial charge in [-0.2, -0.15) is 0 Å². The lowest BCUT2D eigenvalue weighted by atomic mass is 9.93. The van der Waals surface area contributed by atoms with Gasteiger partial charge in [-0.15, -0.1) is 11.3 Å². The van der Waals surface area contributed by atoms with Crippen LogP contribution < -0.4 is 5.32 Å². The highest BCUT2D eigenvalue weighted by atomic mass is 32.1. The van der Waals surface area contributed by atoms with E-state index >= 15 is 0 Å². The summed E-state index contributed by atoms with van der Waals surface area (Å²) in [5.74, 6) is 0.191. The SMILES string of the molecule is CCC(C)NCC(=O)N1CCc2sccc2C1c1ccccc1. The minimum absolute atomic E-state index is 0.0532. The molecular weight excluding hydrogens is 304 g/mol. The lowest BCUT2D eigenvalue weighted by Gasteiger charge is -2.36. The van der Waals surface area contributed by atoms with E-state index in [0.29, 0.717) is 12.6 Å². The van der Waals surface area contributed by atoms with E-state index in [1.807, 2.05) is 11.0 Å². The summed E-state index contributed by atoms with van der Waals surface area (Å²) in [5.41, 5.74) is 2.49. The van der Waals surface area contributed by atoms with E-state index in [-0.39, 0.29) is 11.9 Å². The molecule has 0 fully saturated rings. The van der Waals surface area contributed by atoms with Crippen molar-refractivity contribution < 1.29 is 4.79 Å². The zero-order chi connectivity index (χ0) is 16.2. The molecule has 2 unspecified atom stereocenters. The van der Waals surface area contributed by atoms with Crippen LogP contribution in [0.2, 0.25) is 0 Å². The Morgan fingerprint density at radius 3 is 2.87 bits per heavy atom. The topological polar surface area (TPSA) is 32.3 Å². The maximum atomic E-state index is 12.8. The van der Waals surface area contributed by atoms with Crippen molar-refractivity contribution in [1.29, 1.82) is 0 Å². The van der Waals surface area contributed by atoms with E-state index in [1.165, 1.54) is 16.0 Å². The van der Waals surface area contributed by atoms with Gasteiger partial charge in [0.05, 0.1) is 12.6 Å². The van der Waals surface area contributed by atoms with Gasteiger partial charge in [-0.1, -0.05) is 37.3 Å². The first-order valence-corrected chi connectivity index (χ1v) is 9.22. The Bertz CT molecular complexity index is 652. The van der Waals surface area contributed by atoms with Crippen LogP contribution in [0.1, 0.15) is 42.3 Å². The second kappa shape index (κ2) is 7.28. The maximum Gasteiger partial charge on any atom is 0.237 e. The summed E-state index contributed by atoms with van der Waals surface area (Å²) >= 11 is 1.81. The second-order valence-electron chi connectivity index (χ2n) is 6.14. The van der Waals surface area contributed by atoms with Gasteiger partial charge in [-0.25, -0.2) is 0 Å². The number of fused-ring (bicyclic) bond motifs is 1. The number of hydrogen-bond donors (Lipinski definition) is 1. The smallest absolute Gasteiger partial charge is 0.237 e. The normalized spacial score (nSPS) is 18.5. The van der Waals surface area contributed by atoms with Crippen LogP contribution in [0.3, 0.4) is 0 Å². The predicted octanol–water partition coefficient (Wildman–Crippen LogP) is 3.61. The Balaban J connectivity index is 1.85. The minimum atomic E-state index is 0.0532. The maximum absolute atomic E-state index is 12.8. The highest BCUT2D eigenvalue weighted by molar-refractivity contribution is 7.10. The summed E-state index contributed by atoms with van der Waals surface area (Å²) in [6.45, 7) is 5.47. The summed E-state index contributed by atoms with van der Waals surface area (Å²) in [7, 11) is 0. The first kappa shape index (κ1) is 16.2. The molecule has 1 aromatic carbocycles. The molecule has 3 rings (SSSR count). The monoisotopic (exact) mass is 328 g/mol. The molecule has 1 aliphatic heterocycles. The molecule has 0 saturated heterocycles. The van der Waals surface area contributed by atoms with E-state index in [0.717, 1.165) is 19.4 Å². The average Bonchev–Trinajstić information content (AvgIpc) is 3.07. The molecule has 0 spiro atoms. The van der Waals surface area contributed by atoms with Crippen LogP contribution in [-0.2, 0) is 11.2 Å². The molecule has 2 atom stereocenters. The lowest BCUT2D eigenvalue weighted by molar-refractivity contribution is -0.132. The Morgan fingerprint density at radius 2 is 2.13 bits per heavy atom. The summed E-state index contributed by atoms with van der Waals surface area (Å²) in [5, 5.41) is 5.48. The molecule has 0 bridgehead atoms. The quantitative estimate of drug-likeness (QED) is 0.909. The van der Waals surface area contributed by atoms with Crippen molar-refractivity contribution in [3.8, 4) is 0 Å². The van der Waals surface area contributed by atoms with Crippen LogP contribution in [0.25, 0.3) is 0 Å². The number of carbonyl (C=O) groups excluding carboxylic acids is 1. The number of carbonyl (C=O) groups is 1. The van der Waals surface area contributed by atoms with Crippen LogP contribution >= 0.6 is 11.3 Å². The predicted molar refractivity (Wildman–Crippen MR) is 95.8 cm³/mol. The highest BCUT2D eigenvalue weighted by Gasteiger charge is 2.32. The van der Waals surface area contributed by atoms with Crippen LogP contribution in [0, 0.1) is 0 Å². The first-order chi connectivity index (χ1) is 11.2. The van der Waals surface area contributed by atoms with Crippen molar-refractivity contribution in [3.05, 3.63) is 57.8 Å². The minimum Gasteiger partial charge on any atom is -0.330 e. The van der Waals surface area contributed by atoms with Crippen molar-refractivity contribution in [2.45, 2.75) is 38.8 Å². The number of amides is 1. The molecule has 23 heavy (non-hydrogen) atoms. The number of nitrogens with zero attached hydrogens (tertiary/aromatic N) is 1. The van der Waals surface area contributed by atoms with Gasteiger partial charge in [0.25, 0.3) is 0 Å². The van der Waals surface area contributed by atoms with Crippen LogP contribution in [0.5, 0.6) is 0 Å². The van der Waals surface area contributed by atoms with Crippen molar-refractivity contribution >= 4 is 17.2 Å². The molecule has 2 aromatic rings. The Kier molecular flexibility index (Phi) is 5.13. The van der Waals surface area contributed by atoms with E-state index < -0.39 is 0 Å². The van der Waals surface area contributed by atoms with Gasteiger partial charge in [-0.3, -0.25) is 4.79 Å². The number of rotatable bonds is 5. The van der Waals surface area contributed by atoms with Gasteiger partial charge in [0.2, 0.25) is 5.91 Å². The second-order valence-corrected chi connectivity index (χ2v) is 7.14. The van der Waals surface area contributed by atoms with Crippen molar-refractivity contribution in [1.82, 2.24) is 10.2 Å². The Morgan fingerprint density at radius 1 is 1.35 bits per heavy atom. The van der Waals surface area contributed by atoms with Gasteiger partial charge in [0, 0.05) is 17.5 Å². The summed E-state index contributed by atoms with van der Waals surface area (Å²) in [6, 6.07) is 13.0.